The zero-order valence-corrected chi connectivity index (χ0v) is 10.8. The Labute approximate surface area is 105 Å². The molecule has 7 heteroatoms. The average Bonchev–Trinajstić information content (AvgIpc) is 2.28. The molecule has 0 unspecified atom stereocenters. The van der Waals surface area contributed by atoms with Crippen molar-refractivity contribution in [2.24, 2.45) is 0 Å². The highest BCUT2D eigenvalue weighted by Gasteiger charge is 2.32. The van der Waals surface area contributed by atoms with Crippen molar-refractivity contribution in [3.8, 4) is 0 Å². The van der Waals surface area contributed by atoms with E-state index in [2.05, 4.69) is 5.32 Å². The highest BCUT2D eigenvalue weighted by Crippen LogP contribution is 2.16. The molecule has 18 heavy (non-hydrogen) atoms. The van der Waals surface area contributed by atoms with E-state index in [1.54, 1.807) is 6.92 Å². The first-order valence-corrected chi connectivity index (χ1v) is 6.03. The Bertz CT molecular complexity index is 235. The summed E-state index contributed by atoms with van der Waals surface area (Å²) in [7, 11) is 0. The Kier molecular flexibility index (Phi) is 8.74. The quantitative estimate of drug-likeness (QED) is 0.644. The van der Waals surface area contributed by atoms with Crippen molar-refractivity contribution in [2.45, 2.75) is 26.4 Å². The van der Waals surface area contributed by atoms with Gasteiger partial charge in [-0.2, -0.15) is 13.2 Å². The van der Waals surface area contributed by atoms with Gasteiger partial charge in [-0.05, 0) is 19.9 Å². The summed E-state index contributed by atoms with van der Waals surface area (Å²) in [6, 6.07) is 0. The van der Waals surface area contributed by atoms with Gasteiger partial charge < -0.3 is 15.0 Å². The van der Waals surface area contributed by atoms with E-state index in [9.17, 15) is 18.0 Å². The van der Waals surface area contributed by atoms with E-state index in [1.807, 2.05) is 6.92 Å². The molecule has 0 fully saturated rings. The van der Waals surface area contributed by atoms with E-state index < -0.39 is 18.6 Å². The third kappa shape index (κ3) is 9.23. The monoisotopic (exact) mass is 270 g/mol. The van der Waals surface area contributed by atoms with Crippen molar-refractivity contribution < 1.29 is 22.7 Å². The van der Waals surface area contributed by atoms with E-state index in [1.165, 1.54) is 0 Å². The summed E-state index contributed by atoms with van der Waals surface area (Å²) in [5.74, 6) is -0.536. The molecule has 0 bridgehead atoms. The Hall–Kier alpha value is -0.820. The highest BCUT2D eigenvalue weighted by molar-refractivity contribution is 5.78. The van der Waals surface area contributed by atoms with E-state index in [-0.39, 0.29) is 13.1 Å². The van der Waals surface area contributed by atoms with Gasteiger partial charge in [0.05, 0.1) is 6.54 Å². The number of hydrogen-bond donors (Lipinski definition) is 1. The van der Waals surface area contributed by atoms with Gasteiger partial charge in [-0.3, -0.25) is 4.79 Å². The molecule has 4 nitrogen and oxygen atoms in total. The molecule has 0 heterocycles. The van der Waals surface area contributed by atoms with Crippen molar-refractivity contribution in [1.29, 1.82) is 0 Å². The first-order chi connectivity index (χ1) is 8.40. The summed E-state index contributed by atoms with van der Waals surface area (Å²) >= 11 is 0. The second kappa shape index (κ2) is 9.16. The van der Waals surface area contributed by atoms with Crippen LogP contribution in [-0.2, 0) is 9.53 Å². The van der Waals surface area contributed by atoms with Gasteiger partial charge in [0, 0.05) is 19.8 Å². The zero-order valence-electron chi connectivity index (χ0n) is 10.8. The first kappa shape index (κ1) is 17.2. The van der Waals surface area contributed by atoms with Crippen LogP contribution < -0.4 is 5.32 Å². The number of nitrogens with zero attached hydrogens (tertiary/aromatic N) is 1. The molecule has 0 aromatic heterocycles. The number of hydrogen-bond acceptors (Lipinski definition) is 3. The number of alkyl halides is 3. The van der Waals surface area contributed by atoms with Gasteiger partial charge in [-0.25, -0.2) is 0 Å². The van der Waals surface area contributed by atoms with Crippen LogP contribution in [0, 0.1) is 0 Å². The maximum Gasteiger partial charge on any atom is 0.406 e. The maximum atomic E-state index is 12.3. The Morgan fingerprint density at radius 3 is 2.50 bits per heavy atom. The third-order valence-corrected chi connectivity index (χ3v) is 2.17. The van der Waals surface area contributed by atoms with Crippen LogP contribution in [0.25, 0.3) is 0 Å². The van der Waals surface area contributed by atoms with Gasteiger partial charge in [0.2, 0.25) is 5.91 Å². The van der Waals surface area contributed by atoms with E-state index >= 15 is 0 Å². The third-order valence-electron chi connectivity index (χ3n) is 2.17. The van der Waals surface area contributed by atoms with Crippen molar-refractivity contribution in [3.05, 3.63) is 0 Å². The number of carbonyl (C=O) groups is 1. The minimum atomic E-state index is -4.37. The normalized spacial score (nSPS) is 11.6. The van der Waals surface area contributed by atoms with Crippen molar-refractivity contribution in [2.75, 3.05) is 39.4 Å². The van der Waals surface area contributed by atoms with Crippen molar-refractivity contribution >= 4 is 5.91 Å². The summed E-state index contributed by atoms with van der Waals surface area (Å²) in [4.78, 5) is 12.4. The minimum Gasteiger partial charge on any atom is -0.382 e. The summed E-state index contributed by atoms with van der Waals surface area (Å²) in [6.45, 7) is 3.81. The fourth-order valence-electron chi connectivity index (χ4n) is 1.35. The standard InChI is InChI=1S/C11H21F3N2O2/c1-3-15-8-10(17)16(9-11(12,13)14)6-5-7-18-4-2/h15H,3-9H2,1-2H3. The molecular weight excluding hydrogens is 249 g/mol. The Morgan fingerprint density at radius 2 is 2.00 bits per heavy atom. The van der Waals surface area contributed by atoms with E-state index in [0.717, 1.165) is 4.90 Å². The number of nitrogens with one attached hydrogen (secondary N) is 1. The van der Waals surface area contributed by atoms with Crippen LogP contribution in [0.15, 0.2) is 0 Å². The fourth-order valence-corrected chi connectivity index (χ4v) is 1.35. The van der Waals surface area contributed by atoms with Gasteiger partial charge in [0.15, 0.2) is 0 Å². The van der Waals surface area contributed by atoms with Crippen LogP contribution in [-0.4, -0.2) is 56.4 Å². The molecule has 0 aromatic rings. The van der Waals surface area contributed by atoms with E-state index in [4.69, 9.17) is 4.74 Å². The molecule has 0 spiro atoms. The molecule has 0 aliphatic rings. The number of likely N-dealkylation sites (N-methyl/N-ethyl adjacent to an activating group) is 1. The second-order valence-corrected chi connectivity index (χ2v) is 3.76. The predicted molar refractivity (Wildman–Crippen MR) is 62.3 cm³/mol. The highest BCUT2D eigenvalue weighted by atomic mass is 19.4. The van der Waals surface area contributed by atoms with Crippen LogP contribution in [0.5, 0.6) is 0 Å². The molecule has 0 aromatic carbocycles. The fraction of sp³-hybridized carbons (Fsp3) is 0.909. The second-order valence-electron chi connectivity index (χ2n) is 3.76. The molecule has 0 saturated heterocycles. The van der Waals surface area contributed by atoms with Crippen LogP contribution >= 0.6 is 0 Å². The van der Waals surface area contributed by atoms with Gasteiger partial charge in [0.1, 0.15) is 6.54 Å². The van der Waals surface area contributed by atoms with Gasteiger partial charge in [-0.15, -0.1) is 0 Å². The van der Waals surface area contributed by atoms with Crippen LogP contribution in [0.1, 0.15) is 20.3 Å². The van der Waals surface area contributed by atoms with Crippen molar-refractivity contribution in [1.82, 2.24) is 10.2 Å². The predicted octanol–water partition coefficient (Wildman–Crippen LogP) is 1.41. The number of ether oxygens (including phenoxy) is 1. The summed E-state index contributed by atoms with van der Waals surface area (Å²) < 4.78 is 42.0. The molecule has 0 radical (unpaired) electrons. The largest absolute Gasteiger partial charge is 0.406 e. The number of halogens is 3. The SMILES string of the molecule is CCNCC(=O)N(CCCOCC)CC(F)(F)F. The molecular formula is C11H21F3N2O2. The zero-order chi connectivity index (χ0) is 14.0. The van der Waals surface area contributed by atoms with E-state index in [0.29, 0.717) is 26.2 Å². The summed E-state index contributed by atoms with van der Waals surface area (Å²) in [5.41, 5.74) is 0. The van der Waals surface area contributed by atoms with Crippen molar-refractivity contribution in [3.63, 3.8) is 0 Å². The topological polar surface area (TPSA) is 41.6 Å². The lowest BCUT2D eigenvalue weighted by Gasteiger charge is -2.24. The Balaban J connectivity index is 4.19. The minimum absolute atomic E-state index is 0.0593. The molecule has 0 aliphatic heterocycles. The average molecular weight is 270 g/mol. The number of carbonyl (C=O) groups excluding carboxylic acids is 1. The van der Waals surface area contributed by atoms with Crippen LogP contribution in [0.3, 0.4) is 0 Å². The number of rotatable bonds is 9. The lowest BCUT2D eigenvalue weighted by molar-refractivity contribution is -0.161. The molecule has 1 N–H and O–H groups in total. The molecule has 108 valence electrons. The lowest BCUT2D eigenvalue weighted by atomic mass is 10.3. The van der Waals surface area contributed by atoms with Gasteiger partial charge in [-0.1, -0.05) is 6.92 Å². The number of amides is 1. The van der Waals surface area contributed by atoms with Gasteiger partial charge >= 0.3 is 6.18 Å². The van der Waals surface area contributed by atoms with Gasteiger partial charge in [0.25, 0.3) is 0 Å². The first-order valence-electron chi connectivity index (χ1n) is 6.03. The molecule has 0 aliphatic carbocycles. The Morgan fingerprint density at radius 1 is 1.33 bits per heavy atom. The molecule has 1 amide bonds. The summed E-state index contributed by atoms with van der Waals surface area (Å²) in [5, 5.41) is 2.73. The lowest BCUT2D eigenvalue weighted by Crippen LogP contribution is -2.44. The molecule has 0 saturated carbocycles. The maximum absolute atomic E-state index is 12.3. The smallest absolute Gasteiger partial charge is 0.382 e. The summed E-state index contributed by atoms with van der Waals surface area (Å²) in [6.07, 6.45) is -3.96. The molecule has 0 atom stereocenters. The van der Waals surface area contributed by atoms with Crippen LogP contribution in [0.4, 0.5) is 13.2 Å². The van der Waals surface area contributed by atoms with Crippen LogP contribution in [0.2, 0.25) is 0 Å². The molecule has 0 rings (SSSR count).